The Labute approximate surface area is 93.4 Å². The van der Waals surface area contributed by atoms with Crippen LogP contribution >= 0.6 is 0 Å². The first-order valence-corrected chi connectivity index (χ1v) is 5.58. The van der Waals surface area contributed by atoms with E-state index in [4.69, 9.17) is 4.74 Å². The Morgan fingerprint density at radius 1 is 1.19 bits per heavy atom. The second-order valence-corrected chi connectivity index (χ2v) is 4.42. The Balaban J connectivity index is 2.21. The highest BCUT2D eigenvalue weighted by Gasteiger charge is 2.31. The molecule has 0 spiro atoms. The highest BCUT2D eigenvalue weighted by Crippen LogP contribution is 2.34. The minimum Gasteiger partial charge on any atom is -0.454 e. The van der Waals surface area contributed by atoms with E-state index in [0.29, 0.717) is 12.0 Å². The van der Waals surface area contributed by atoms with Gasteiger partial charge in [0.05, 0.1) is 5.56 Å². The molecule has 0 aromatic heterocycles. The van der Waals surface area contributed by atoms with Gasteiger partial charge in [-0.25, -0.2) is 4.79 Å². The Morgan fingerprint density at radius 2 is 2.00 bits per heavy atom. The molecule has 0 amide bonds. The Hall–Kier alpha value is -1.64. The first kappa shape index (κ1) is 9.58. The third kappa shape index (κ3) is 1.21. The number of benzene rings is 1. The lowest BCUT2D eigenvalue weighted by atomic mass is 9.87. The van der Waals surface area contributed by atoms with Gasteiger partial charge in [0.2, 0.25) is 0 Å². The molecule has 3 nitrogen and oxygen atoms in total. The smallest absolute Gasteiger partial charge is 0.339 e. The van der Waals surface area contributed by atoms with Gasteiger partial charge in [-0.1, -0.05) is 6.07 Å². The highest BCUT2D eigenvalue weighted by molar-refractivity contribution is 6.02. The van der Waals surface area contributed by atoms with Crippen LogP contribution in [0.15, 0.2) is 12.1 Å². The normalized spacial score (nSPS) is 22.7. The summed E-state index contributed by atoms with van der Waals surface area (Å²) in [5.74, 6) is -0.153. The predicted molar refractivity (Wildman–Crippen MR) is 57.5 cm³/mol. The Kier molecular flexibility index (Phi) is 1.90. The van der Waals surface area contributed by atoms with Crippen LogP contribution in [0.1, 0.15) is 57.7 Å². The van der Waals surface area contributed by atoms with Gasteiger partial charge in [0, 0.05) is 17.5 Å². The van der Waals surface area contributed by atoms with E-state index in [1.54, 1.807) is 6.07 Å². The molecule has 16 heavy (non-hydrogen) atoms. The average molecular weight is 216 g/mol. The van der Waals surface area contributed by atoms with E-state index in [0.717, 1.165) is 29.5 Å². The summed E-state index contributed by atoms with van der Waals surface area (Å²) in [7, 11) is 0. The summed E-state index contributed by atoms with van der Waals surface area (Å²) in [4.78, 5) is 23.3. The molecule has 1 aliphatic heterocycles. The molecule has 3 heteroatoms. The van der Waals surface area contributed by atoms with Gasteiger partial charge in [0.1, 0.15) is 6.10 Å². The fourth-order valence-corrected chi connectivity index (χ4v) is 2.50. The number of esters is 1. The van der Waals surface area contributed by atoms with E-state index in [9.17, 15) is 9.59 Å². The van der Waals surface area contributed by atoms with Crippen molar-refractivity contribution in [1.82, 2.24) is 0 Å². The molecule has 1 aromatic rings. The molecule has 1 aromatic carbocycles. The first-order valence-electron chi connectivity index (χ1n) is 5.58. The molecular weight excluding hydrogens is 204 g/mol. The van der Waals surface area contributed by atoms with Crippen LogP contribution in [0.3, 0.4) is 0 Å². The van der Waals surface area contributed by atoms with E-state index in [2.05, 4.69) is 0 Å². The zero-order valence-corrected chi connectivity index (χ0v) is 9.08. The van der Waals surface area contributed by atoms with Crippen molar-refractivity contribution in [2.24, 2.45) is 0 Å². The summed E-state index contributed by atoms with van der Waals surface area (Å²) in [6.45, 7) is 1.86. The molecule has 0 bridgehead atoms. The average Bonchev–Trinajstić information content (AvgIpc) is 2.53. The molecule has 1 unspecified atom stereocenters. The van der Waals surface area contributed by atoms with Crippen molar-refractivity contribution >= 4 is 11.8 Å². The Bertz CT molecular complexity index is 501. The number of hydrogen-bond acceptors (Lipinski definition) is 3. The van der Waals surface area contributed by atoms with Crippen LogP contribution < -0.4 is 0 Å². The van der Waals surface area contributed by atoms with Crippen LogP contribution in [0.5, 0.6) is 0 Å². The zero-order chi connectivity index (χ0) is 11.3. The number of rotatable bonds is 0. The molecule has 0 fully saturated rings. The van der Waals surface area contributed by atoms with E-state index in [1.165, 1.54) is 0 Å². The first-order chi connectivity index (χ1) is 7.66. The van der Waals surface area contributed by atoms with Gasteiger partial charge in [0.15, 0.2) is 5.78 Å². The van der Waals surface area contributed by atoms with Gasteiger partial charge in [-0.15, -0.1) is 0 Å². The van der Waals surface area contributed by atoms with E-state index in [1.807, 2.05) is 13.0 Å². The van der Waals surface area contributed by atoms with Crippen molar-refractivity contribution in [3.05, 3.63) is 34.4 Å². The molecule has 0 saturated carbocycles. The molecule has 0 radical (unpaired) electrons. The van der Waals surface area contributed by atoms with Crippen LogP contribution in [0.2, 0.25) is 0 Å². The molecule has 82 valence electrons. The number of aryl methyl sites for hydroxylation is 1. The van der Waals surface area contributed by atoms with Gasteiger partial charge >= 0.3 is 5.97 Å². The summed E-state index contributed by atoms with van der Waals surface area (Å²) >= 11 is 0. The lowest BCUT2D eigenvalue weighted by Gasteiger charge is -2.15. The van der Waals surface area contributed by atoms with Crippen LogP contribution in [-0.4, -0.2) is 11.8 Å². The fraction of sp³-hybridized carbons (Fsp3) is 0.385. The molecule has 1 aliphatic carbocycles. The summed E-state index contributed by atoms with van der Waals surface area (Å²) in [5, 5.41) is 0. The molecule has 1 atom stereocenters. The fourth-order valence-electron chi connectivity index (χ4n) is 2.50. The molecule has 0 N–H and O–H groups in total. The summed E-state index contributed by atoms with van der Waals surface area (Å²) in [6.07, 6.45) is 2.25. The van der Waals surface area contributed by atoms with Gasteiger partial charge in [-0.2, -0.15) is 0 Å². The van der Waals surface area contributed by atoms with Gasteiger partial charge in [-0.05, 0) is 31.4 Å². The second-order valence-electron chi connectivity index (χ2n) is 4.42. The minimum absolute atomic E-state index is 0.149. The van der Waals surface area contributed by atoms with Crippen molar-refractivity contribution in [2.45, 2.75) is 32.3 Å². The zero-order valence-electron chi connectivity index (χ0n) is 9.08. The van der Waals surface area contributed by atoms with Crippen molar-refractivity contribution in [3.8, 4) is 0 Å². The van der Waals surface area contributed by atoms with Gasteiger partial charge in [0.25, 0.3) is 0 Å². The maximum atomic E-state index is 11.7. The van der Waals surface area contributed by atoms with E-state index in [-0.39, 0.29) is 17.9 Å². The van der Waals surface area contributed by atoms with Crippen LogP contribution in [-0.2, 0) is 11.2 Å². The Morgan fingerprint density at radius 3 is 2.81 bits per heavy atom. The third-order valence-corrected chi connectivity index (χ3v) is 3.37. The van der Waals surface area contributed by atoms with Crippen LogP contribution in [0, 0.1) is 0 Å². The van der Waals surface area contributed by atoms with Crippen LogP contribution in [0.4, 0.5) is 0 Å². The number of cyclic esters (lactones) is 1. The highest BCUT2D eigenvalue weighted by atomic mass is 16.5. The maximum absolute atomic E-state index is 11.7. The molecule has 3 rings (SSSR count). The number of Topliss-reactive ketones (excluding diaryl/α,β-unsaturated/α-hetero) is 1. The molecule has 0 saturated heterocycles. The van der Waals surface area contributed by atoms with Gasteiger partial charge in [-0.3, -0.25) is 4.79 Å². The lowest BCUT2D eigenvalue weighted by Crippen LogP contribution is -2.12. The largest absolute Gasteiger partial charge is 0.454 e. The van der Waals surface area contributed by atoms with Crippen LogP contribution in [0.25, 0.3) is 0 Å². The van der Waals surface area contributed by atoms with Crippen molar-refractivity contribution < 1.29 is 14.3 Å². The maximum Gasteiger partial charge on any atom is 0.339 e. The van der Waals surface area contributed by atoms with Gasteiger partial charge < -0.3 is 4.74 Å². The van der Waals surface area contributed by atoms with E-state index >= 15 is 0 Å². The van der Waals surface area contributed by atoms with Crippen molar-refractivity contribution in [2.75, 3.05) is 0 Å². The quantitative estimate of drug-likeness (QED) is 0.625. The molecule has 1 heterocycles. The number of ketones is 1. The van der Waals surface area contributed by atoms with Crippen molar-refractivity contribution in [1.29, 1.82) is 0 Å². The van der Waals surface area contributed by atoms with Crippen molar-refractivity contribution in [3.63, 3.8) is 0 Å². The number of carbonyl (C=O) groups excluding carboxylic acids is 2. The lowest BCUT2D eigenvalue weighted by molar-refractivity contribution is 0.0421. The summed E-state index contributed by atoms with van der Waals surface area (Å²) in [5.41, 5.74) is 3.29. The number of hydrogen-bond donors (Lipinski definition) is 0. The number of fused-ring (bicyclic) bond motifs is 2. The summed E-state index contributed by atoms with van der Waals surface area (Å²) < 4.78 is 5.14. The third-order valence-electron chi connectivity index (χ3n) is 3.37. The predicted octanol–water partition coefficient (Wildman–Crippen LogP) is 2.44. The number of ether oxygens (including phenoxy) is 1. The standard InChI is InChI=1S/C13H12O3/c1-7-9-5-8-3-2-4-12(14)10(8)6-11(9)13(15)16-7/h5-7H,2-4H2,1H3. The summed E-state index contributed by atoms with van der Waals surface area (Å²) in [6, 6.07) is 3.69. The minimum atomic E-state index is -0.302. The monoisotopic (exact) mass is 216 g/mol. The molecular formula is C13H12O3. The molecule has 2 aliphatic rings. The second kappa shape index (κ2) is 3.17. The van der Waals surface area contributed by atoms with E-state index < -0.39 is 0 Å². The number of carbonyl (C=O) groups is 2. The topological polar surface area (TPSA) is 43.4 Å². The SMILES string of the molecule is CC1OC(=O)c2cc3c(cc21)CCCC3=O.